The Morgan fingerprint density at radius 3 is 1.42 bits per heavy atom. The third-order valence-corrected chi connectivity index (χ3v) is 5.70. The number of likely N-dealkylation sites (tertiary alicyclic amines) is 1. The highest BCUT2D eigenvalue weighted by atomic mass is 16.5. The number of hydrogen-bond acceptors (Lipinski definition) is 5. The van der Waals surface area contributed by atoms with Gasteiger partial charge in [0.05, 0.1) is 13.2 Å². The molecule has 0 aliphatic carbocycles. The van der Waals surface area contributed by atoms with Crippen molar-refractivity contribution in [2.24, 2.45) is 0 Å². The molecule has 38 heavy (non-hydrogen) atoms. The Kier molecular flexibility index (Phi) is 26.4. The van der Waals surface area contributed by atoms with Gasteiger partial charge in [0.2, 0.25) is 0 Å². The molecule has 5 heteroatoms. The number of ether oxygens (including phenoxy) is 2. The van der Waals surface area contributed by atoms with Gasteiger partial charge in [0.1, 0.15) is 11.5 Å². The second-order valence-electron chi connectivity index (χ2n) is 8.88. The normalized spacial score (nSPS) is 15.0. The molecule has 0 unspecified atom stereocenters. The Bertz CT molecular complexity index is 628. The molecule has 2 aliphatic heterocycles. The number of benzene rings is 2. The van der Waals surface area contributed by atoms with Crippen LogP contribution in [0.4, 0.5) is 0 Å². The van der Waals surface area contributed by atoms with E-state index in [0.717, 1.165) is 17.9 Å². The molecule has 2 saturated heterocycles. The van der Waals surface area contributed by atoms with Crippen molar-refractivity contribution in [1.82, 2.24) is 15.1 Å². The molecule has 5 nitrogen and oxygen atoms in total. The summed E-state index contributed by atoms with van der Waals surface area (Å²) in [4.78, 5) is 5.22. The van der Waals surface area contributed by atoms with Gasteiger partial charge in [-0.3, -0.25) is 4.90 Å². The summed E-state index contributed by atoms with van der Waals surface area (Å²) >= 11 is 0. The van der Waals surface area contributed by atoms with Crippen LogP contribution in [0, 0.1) is 0 Å². The lowest BCUT2D eigenvalue weighted by molar-refractivity contribution is 0.171. The van der Waals surface area contributed by atoms with Gasteiger partial charge in [-0.15, -0.1) is 0 Å². The first-order valence-electron chi connectivity index (χ1n) is 15.3. The maximum absolute atomic E-state index is 5.56. The van der Waals surface area contributed by atoms with Crippen molar-refractivity contribution < 1.29 is 9.47 Å². The van der Waals surface area contributed by atoms with Gasteiger partial charge in [0.15, 0.2) is 0 Å². The molecule has 2 aromatic rings. The zero-order valence-corrected chi connectivity index (χ0v) is 25.6. The average Bonchev–Trinajstić information content (AvgIpc) is 3.01. The van der Waals surface area contributed by atoms with Gasteiger partial charge >= 0.3 is 0 Å². The van der Waals surface area contributed by atoms with E-state index >= 15 is 0 Å². The van der Waals surface area contributed by atoms with Crippen molar-refractivity contribution in [3.63, 3.8) is 0 Å². The molecule has 218 valence electrons. The van der Waals surface area contributed by atoms with Crippen LogP contribution in [0.15, 0.2) is 60.7 Å². The maximum Gasteiger partial charge on any atom is 0.119 e. The van der Waals surface area contributed by atoms with Crippen molar-refractivity contribution in [1.29, 1.82) is 0 Å². The number of nitrogens with one attached hydrogen (secondary N) is 1. The predicted molar refractivity (Wildman–Crippen MR) is 167 cm³/mol. The number of rotatable bonds is 9. The SMILES string of the molecule is C1CCN(CCN2CCNCC2)CC1.CC.CC.CCC.c1ccc(OCCCOc2ccccc2)cc1. The molecular weight excluding hydrogens is 470 g/mol. The minimum atomic E-state index is 0.677. The Hall–Kier alpha value is -2.08. The van der Waals surface area contributed by atoms with Crippen LogP contribution < -0.4 is 14.8 Å². The summed E-state index contributed by atoms with van der Waals surface area (Å²) in [6.07, 6.45) is 6.41. The summed E-state index contributed by atoms with van der Waals surface area (Å²) in [6.45, 7) is 23.7. The van der Waals surface area contributed by atoms with Crippen LogP contribution >= 0.6 is 0 Å². The maximum atomic E-state index is 5.56. The molecule has 0 saturated carbocycles. The molecule has 1 N–H and O–H groups in total. The highest BCUT2D eigenvalue weighted by molar-refractivity contribution is 5.21. The van der Waals surface area contributed by atoms with Crippen LogP contribution in [-0.4, -0.2) is 75.4 Å². The van der Waals surface area contributed by atoms with Gasteiger partial charge in [0.25, 0.3) is 0 Å². The zero-order valence-electron chi connectivity index (χ0n) is 25.6. The summed E-state index contributed by atoms with van der Waals surface area (Å²) in [5, 5.41) is 3.40. The third-order valence-electron chi connectivity index (χ3n) is 5.70. The van der Waals surface area contributed by atoms with Gasteiger partial charge in [-0.25, -0.2) is 0 Å². The van der Waals surface area contributed by atoms with E-state index in [0.29, 0.717) is 13.2 Å². The van der Waals surface area contributed by atoms with Gasteiger partial charge in [0, 0.05) is 45.7 Å². The van der Waals surface area contributed by atoms with Crippen LogP contribution in [0.25, 0.3) is 0 Å². The fraction of sp³-hybridized carbons (Fsp3) is 0.636. The summed E-state index contributed by atoms with van der Waals surface area (Å²) in [6, 6.07) is 19.7. The summed E-state index contributed by atoms with van der Waals surface area (Å²) < 4.78 is 11.1. The largest absolute Gasteiger partial charge is 0.493 e. The molecule has 0 aromatic heterocycles. The van der Waals surface area contributed by atoms with E-state index in [1.807, 2.05) is 88.4 Å². The van der Waals surface area contributed by atoms with Crippen LogP contribution in [0.5, 0.6) is 11.5 Å². The minimum absolute atomic E-state index is 0.677. The number of piperidine rings is 1. The molecule has 2 aromatic carbocycles. The molecule has 4 rings (SSSR count). The zero-order chi connectivity index (χ0) is 28.1. The summed E-state index contributed by atoms with van der Waals surface area (Å²) in [5.41, 5.74) is 0. The van der Waals surface area contributed by atoms with Crippen molar-refractivity contribution in [3.05, 3.63) is 60.7 Å². The standard InChI is InChI=1S/C15H16O2.C11H23N3.C3H8.2C2H6/c1-3-8-14(9-4-1)16-12-7-13-17-15-10-5-2-6-11-15;1-2-6-13(7-3-1)10-11-14-8-4-12-5-9-14;1-3-2;2*1-2/h1-6,8-11H,7,12-13H2;12H,1-11H2;3H2,1-2H3;2*1-2H3. The molecule has 0 amide bonds. The molecule has 0 radical (unpaired) electrons. The third kappa shape index (κ3) is 20.0. The molecular formula is C33H59N3O2. The highest BCUT2D eigenvalue weighted by Gasteiger charge is 2.13. The number of piperazine rings is 1. The number of nitrogens with zero attached hydrogens (tertiary/aromatic N) is 2. The van der Waals surface area contributed by atoms with E-state index < -0.39 is 0 Å². The van der Waals surface area contributed by atoms with Crippen LogP contribution in [0.1, 0.15) is 73.6 Å². The monoisotopic (exact) mass is 529 g/mol. The fourth-order valence-corrected chi connectivity index (χ4v) is 3.87. The smallest absolute Gasteiger partial charge is 0.119 e. The second kappa shape index (κ2) is 27.9. The van der Waals surface area contributed by atoms with Crippen molar-refractivity contribution in [3.8, 4) is 11.5 Å². The van der Waals surface area contributed by atoms with E-state index in [1.165, 1.54) is 78.0 Å². The highest BCUT2D eigenvalue weighted by Crippen LogP contribution is 2.10. The number of hydrogen-bond donors (Lipinski definition) is 1. The molecule has 0 spiro atoms. The first-order chi connectivity index (χ1) is 18.8. The predicted octanol–water partition coefficient (Wildman–Crippen LogP) is 7.38. The van der Waals surface area contributed by atoms with Gasteiger partial charge < -0.3 is 19.7 Å². The Morgan fingerprint density at radius 2 is 1.00 bits per heavy atom. The first-order valence-corrected chi connectivity index (χ1v) is 15.3. The molecule has 2 aliphatic rings. The van der Waals surface area contributed by atoms with E-state index in [9.17, 15) is 0 Å². The van der Waals surface area contributed by atoms with Crippen molar-refractivity contribution in [2.75, 3.05) is 65.6 Å². The fourth-order valence-electron chi connectivity index (χ4n) is 3.87. The van der Waals surface area contributed by atoms with E-state index in [4.69, 9.17) is 9.47 Å². The lowest BCUT2D eigenvalue weighted by atomic mass is 10.1. The Labute approximate surface area is 235 Å². The molecule has 0 atom stereocenters. The van der Waals surface area contributed by atoms with E-state index in [1.54, 1.807) is 0 Å². The summed E-state index contributed by atoms with van der Waals surface area (Å²) in [7, 11) is 0. The van der Waals surface area contributed by atoms with Crippen LogP contribution in [0.2, 0.25) is 0 Å². The quantitative estimate of drug-likeness (QED) is 0.343. The van der Waals surface area contributed by atoms with Crippen LogP contribution in [-0.2, 0) is 0 Å². The minimum Gasteiger partial charge on any atom is -0.493 e. The summed E-state index contributed by atoms with van der Waals surface area (Å²) in [5.74, 6) is 1.82. The van der Waals surface area contributed by atoms with Gasteiger partial charge in [-0.05, 0) is 50.2 Å². The van der Waals surface area contributed by atoms with Crippen molar-refractivity contribution in [2.45, 2.75) is 73.6 Å². The second-order valence-corrected chi connectivity index (χ2v) is 8.88. The average molecular weight is 530 g/mol. The van der Waals surface area contributed by atoms with E-state index in [-0.39, 0.29) is 0 Å². The number of para-hydroxylation sites is 2. The molecule has 2 heterocycles. The van der Waals surface area contributed by atoms with Crippen LogP contribution in [0.3, 0.4) is 0 Å². The molecule has 0 bridgehead atoms. The van der Waals surface area contributed by atoms with E-state index in [2.05, 4.69) is 29.0 Å². The Balaban J connectivity index is 0.000000590. The van der Waals surface area contributed by atoms with Crippen molar-refractivity contribution >= 4 is 0 Å². The lowest BCUT2D eigenvalue weighted by Crippen LogP contribution is -2.46. The first kappa shape index (κ1) is 35.9. The van der Waals surface area contributed by atoms with Gasteiger partial charge in [-0.2, -0.15) is 0 Å². The van der Waals surface area contributed by atoms with Gasteiger partial charge in [-0.1, -0.05) is 90.8 Å². The topological polar surface area (TPSA) is 37.0 Å². The lowest BCUT2D eigenvalue weighted by Gasteiger charge is -2.32. The molecule has 2 fully saturated rings. The Morgan fingerprint density at radius 1 is 0.605 bits per heavy atom.